The van der Waals surface area contributed by atoms with E-state index < -0.39 is 0 Å². The second kappa shape index (κ2) is 7.21. The summed E-state index contributed by atoms with van der Waals surface area (Å²) in [5.74, 6) is 0. The molecule has 1 aliphatic heterocycles. The van der Waals surface area contributed by atoms with Crippen LogP contribution in [0, 0.1) is 5.41 Å². The number of rotatable bonds is 2. The molecule has 4 aromatic rings. The SMILES string of the molecule is CC(C)(C)C1=Cc2ccccc2B(c2cccc3ccccc23)N1c1ccccc1. The largest absolute Gasteiger partial charge is 0.380 e. The van der Waals surface area contributed by atoms with Crippen LogP contribution in [0.25, 0.3) is 16.8 Å². The van der Waals surface area contributed by atoms with Crippen molar-refractivity contribution in [1.29, 1.82) is 0 Å². The maximum absolute atomic E-state index is 2.55. The van der Waals surface area contributed by atoms with Gasteiger partial charge in [-0.1, -0.05) is 106 Å². The number of benzene rings is 4. The smallest absolute Gasteiger partial charge is 0.329 e. The fourth-order valence-electron chi connectivity index (χ4n) is 4.64. The molecule has 0 unspecified atom stereocenters. The molecule has 1 nitrogen and oxygen atoms in total. The first-order valence-electron chi connectivity index (χ1n) is 10.7. The van der Waals surface area contributed by atoms with Gasteiger partial charge >= 0.3 is 6.85 Å². The van der Waals surface area contributed by atoms with Gasteiger partial charge in [-0.15, -0.1) is 0 Å². The fourth-order valence-corrected chi connectivity index (χ4v) is 4.64. The summed E-state index contributed by atoms with van der Waals surface area (Å²) in [5.41, 5.74) is 6.58. The molecular weight excluding hydrogens is 361 g/mol. The molecule has 0 bridgehead atoms. The standard InChI is InChI=1S/C28H26BN/c1-28(2,3)27-20-22-13-8-10-18-25(22)29(30(27)23-15-5-4-6-16-23)26-19-11-14-21-12-7-9-17-24(21)26/h4-20H,1-3H3. The number of hydrogen-bond donors (Lipinski definition) is 0. The lowest BCUT2D eigenvalue weighted by atomic mass is 9.45. The molecule has 0 atom stereocenters. The van der Waals surface area contributed by atoms with Gasteiger partial charge in [-0.25, -0.2) is 0 Å². The lowest BCUT2D eigenvalue weighted by Crippen LogP contribution is -2.60. The molecule has 0 aromatic heterocycles. The summed E-state index contributed by atoms with van der Waals surface area (Å²) in [5, 5.41) is 2.60. The van der Waals surface area contributed by atoms with E-state index in [-0.39, 0.29) is 12.3 Å². The average Bonchev–Trinajstić information content (AvgIpc) is 2.77. The van der Waals surface area contributed by atoms with E-state index >= 15 is 0 Å². The van der Waals surface area contributed by atoms with Gasteiger partial charge < -0.3 is 4.81 Å². The average molecular weight is 387 g/mol. The van der Waals surface area contributed by atoms with E-state index in [0.29, 0.717) is 0 Å². The predicted octanol–water partition coefficient (Wildman–Crippen LogP) is 5.85. The van der Waals surface area contributed by atoms with Gasteiger partial charge in [-0.05, 0) is 45.5 Å². The Morgan fingerprint density at radius 3 is 2.07 bits per heavy atom. The molecule has 0 spiro atoms. The zero-order valence-electron chi connectivity index (χ0n) is 17.8. The van der Waals surface area contributed by atoms with E-state index in [9.17, 15) is 0 Å². The number of fused-ring (bicyclic) bond motifs is 2. The maximum Gasteiger partial charge on any atom is 0.329 e. The zero-order chi connectivity index (χ0) is 20.7. The highest BCUT2D eigenvalue weighted by atomic mass is 15.1. The molecule has 5 rings (SSSR count). The first kappa shape index (κ1) is 18.8. The van der Waals surface area contributed by atoms with Crippen LogP contribution in [-0.4, -0.2) is 6.85 Å². The highest BCUT2D eigenvalue weighted by Gasteiger charge is 2.39. The minimum Gasteiger partial charge on any atom is -0.380 e. The molecule has 1 heterocycles. The molecule has 0 radical (unpaired) electrons. The van der Waals surface area contributed by atoms with Crippen molar-refractivity contribution in [3.05, 3.63) is 108 Å². The van der Waals surface area contributed by atoms with Crippen LogP contribution in [0.4, 0.5) is 5.69 Å². The monoisotopic (exact) mass is 387 g/mol. The third kappa shape index (κ3) is 3.13. The van der Waals surface area contributed by atoms with Crippen LogP contribution in [0.3, 0.4) is 0 Å². The van der Waals surface area contributed by atoms with E-state index in [1.165, 1.54) is 38.6 Å². The van der Waals surface area contributed by atoms with Gasteiger partial charge in [0.15, 0.2) is 0 Å². The highest BCUT2D eigenvalue weighted by Crippen LogP contribution is 2.37. The molecule has 0 saturated carbocycles. The van der Waals surface area contributed by atoms with E-state index in [2.05, 4.69) is 129 Å². The van der Waals surface area contributed by atoms with E-state index in [1.54, 1.807) is 0 Å². The van der Waals surface area contributed by atoms with Crippen LogP contribution in [0.15, 0.2) is 103 Å². The molecule has 4 aromatic carbocycles. The number of anilines is 1. The summed E-state index contributed by atoms with van der Waals surface area (Å²) in [6.07, 6.45) is 2.38. The van der Waals surface area contributed by atoms with Gasteiger partial charge in [0.1, 0.15) is 0 Å². The molecule has 2 heteroatoms. The van der Waals surface area contributed by atoms with Gasteiger partial charge in [-0.3, -0.25) is 0 Å². The summed E-state index contributed by atoms with van der Waals surface area (Å²) < 4.78 is 0. The number of nitrogens with zero attached hydrogens (tertiary/aromatic N) is 1. The van der Waals surface area contributed by atoms with Crippen molar-refractivity contribution in [3.8, 4) is 0 Å². The van der Waals surface area contributed by atoms with Crippen LogP contribution < -0.4 is 15.7 Å². The second-order valence-electron chi connectivity index (χ2n) is 9.08. The van der Waals surface area contributed by atoms with Crippen molar-refractivity contribution in [1.82, 2.24) is 0 Å². The fraction of sp³-hybridized carbons (Fsp3) is 0.143. The second-order valence-corrected chi connectivity index (χ2v) is 9.08. The molecular formula is C28H26BN. The Balaban J connectivity index is 1.85. The Kier molecular flexibility index (Phi) is 4.51. The molecule has 0 saturated heterocycles. The maximum atomic E-state index is 2.55. The Morgan fingerprint density at radius 2 is 1.27 bits per heavy atom. The summed E-state index contributed by atoms with van der Waals surface area (Å²) in [4.78, 5) is 2.55. The molecule has 0 aliphatic carbocycles. The van der Waals surface area contributed by atoms with Gasteiger partial charge in [0.05, 0.1) is 0 Å². The third-order valence-electron chi connectivity index (χ3n) is 6.02. The first-order valence-corrected chi connectivity index (χ1v) is 10.7. The number of hydrogen-bond acceptors (Lipinski definition) is 1. The first-order chi connectivity index (χ1) is 14.5. The lowest BCUT2D eigenvalue weighted by Gasteiger charge is -2.43. The minimum atomic E-state index is 0.00616. The van der Waals surface area contributed by atoms with E-state index in [0.717, 1.165) is 0 Å². The normalized spacial score (nSPS) is 13.9. The van der Waals surface area contributed by atoms with Crippen molar-refractivity contribution in [2.75, 3.05) is 4.81 Å². The molecule has 0 amide bonds. The Hall–Kier alpha value is -3.26. The van der Waals surface area contributed by atoms with Crippen LogP contribution in [0.2, 0.25) is 0 Å². The molecule has 0 fully saturated rings. The van der Waals surface area contributed by atoms with Gasteiger partial charge in [0.2, 0.25) is 0 Å². The summed E-state index contributed by atoms with van der Waals surface area (Å²) in [6, 6.07) is 35.1. The van der Waals surface area contributed by atoms with Gasteiger partial charge in [0, 0.05) is 16.8 Å². The number of para-hydroxylation sites is 1. The van der Waals surface area contributed by atoms with Crippen molar-refractivity contribution in [3.63, 3.8) is 0 Å². The minimum absolute atomic E-state index is 0.00616. The van der Waals surface area contributed by atoms with Crippen LogP contribution in [-0.2, 0) is 0 Å². The summed E-state index contributed by atoms with van der Waals surface area (Å²) in [6.45, 7) is 7.04. The quantitative estimate of drug-likeness (QED) is 0.390. The van der Waals surface area contributed by atoms with E-state index in [1.807, 2.05) is 0 Å². The zero-order valence-corrected chi connectivity index (χ0v) is 17.8. The Bertz CT molecular complexity index is 1230. The van der Waals surface area contributed by atoms with Crippen molar-refractivity contribution < 1.29 is 0 Å². The van der Waals surface area contributed by atoms with Crippen LogP contribution >= 0.6 is 0 Å². The topological polar surface area (TPSA) is 3.24 Å². The summed E-state index contributed by atoms with van der Waals surface area (Å²) >= 11 is 0. The predicted molar refractivity (Wildman–Crippen MR) is 132 cm³/mol. The van der Waals surface area contributed by atoms with Crippen molar-refractivity contribution in [2.45, 2.75) is 20.8 Å². The number of allylic oxidation sites excluding steroid dienone is 1. The van der Waals surface area contributed by atoms with Crippen LogP contribution in [0.1, 0.15) is 26.3 Å². The summed E-state index contributed by atoms with van der Waals surface area (Å²) in [7, 11) is 0. The van der Waals surface area contributed by atoms with Crippen molar-refractivity contribution in [2.24, 2.45) is 5.41 Å². The molecule has 0 N–H and O–H groups in total. The highest BCUT2D eigenvalue weighted by molar-refractivity contribution is 6.91. The molecule has 1 aliphatic rings. The Morgan fingerprint density at radius 1 is 0.633 bits per heavy atom. The van der Waals surface area contributed by atoms with Gasteiger partial charge in [-0.2, -0.15) is 0 Å². The van der Waals surface area contributed by atoms with Gasteiger partial charge in [0.25, 0.3) is 0 Å². The molecule has 146 valence electrons. The van der Waals surface area contributed by atoms with E-state index in [4.69, 9.17) is 0 Å². The third-order valence-corrected chi connectivity index (χ3v) is 6.02. The molecule has 30 heavy (non-hydrogen) atoms. The lowest BCUT2D eigenvalue weighted by molar-refractivity contribution is 0.501. The Labute approximate surface area is 179 Å². The van der Waals surface area contributed by atoms with Crippen molar-refractivity contribution >= 4 is 40.3 Å². The van der Waals surface area contributed by atoms with Crippen LogP contribution in [0.5, 0.6) is 0 Å².